The van der Waals surface area contributed by atoms with Crippen molar-refractivity contribution < 1.29 is 19.2 Å². The zero-order valence-corrected chi connectivity index (χ0v) is 20.0. The fourth-order valence-corrected chi connectivity index (χ4v) is 3.88. The van der Waals surface area contributed by atoms with Crippen molar-refractivity contribution in [2.45, 2.75) is 19.5 Å². The Morgan fingerprint density at radius 3 is 2.28 bits per heavy atom. The van der Waals surface area contributed by atoms with E-state index in [1.54, 1.807) is 5.48 Å². The molecule has 0 bridgehead atoms. The van der Waals surface area contributed by atoms with E-state index in [-0.39, 0.29) is 0 Å². The summed E-state index contributed by atoms with van der Waals surface area (Å²) in [5.74, 6) is 1.61. The standard InChI is InChI=1S/C30H30N2O4/c33-30(31-34)19-18-28-16-17-29(36-28)23-32(20-7-21-35-27-10-5-2-6-11-27)22-24-12-14-26(15-13-24)25-8-3-1-4-9-25/h1-6,8-19,34H,7,20-23H2,(H,31,33)/b19-18+. The van der Waals surface area contributed by atoms with Crippen LogP contribution < -0.4 is 10.2 Å². The van der Waals surface area contributed by atoms with Gasteiger partial charge in [0.05, 0.1) is 13.2 Å². The quantitative estimate of drug-likeness (QED) is 0.113. The Labute approximate surface area is 211 Å². The lowest BCUT2D eigenvalue weighted by Gasteiger charge is -2.21. The first-order chi connectivity index (χ1) is 17.7. The summed E-state index contributed by atoms with van der Waals surface area (Å²) in [5, 5.41) is 8.64. The van der Waals surface area contributed by atoms with Gasteiger partial charge >= 0.3 is 0 Å². The zero-order chi connectivity index (χ0) is 25.0. The number of para-hydroxylation sites is 1. The minimum absolute atomic E-state index is 0.549. The summed E-state index contributed by atoms with van der Waals surface area (Å²) < 4.78 is 11.8. The molecule has 0 aliphatic carbocycles. The molecule has 4 rings (SSSR count). The lowest BCUT2D eigenvalue weighted by atomic mass is 10.0. The molecule has 0 saturated carbocycles. The molecular formula is C30H30N2O4. The van der Waals surface area contributed by atoms with Crippen LogP contribution in [0.5, 0.6) is 5.75 Å². The second-order valence-electron chi connectivity index (χ2n) is 8.40. The minimum Gasteiger partial charge on any atom is -0.494 e. The Morgan fingerprint density at radius 1 is 0.861 bits per heavy atom. The van der Waals surface area contributed by atoms with Crippen molar-refractivity contribution in [3.8, 4) is 16.9 Å². The Balaban J connectivity index is 1.40. The molecule has 6 heteroatoms. The molecule has 0 saturated heterocycles. The molecule has 4 aromatic rings. The maximum atomic E-state index is 11.2. The Bertz CT molecular complexity index is 1230. The second-order valence-corrected chi connectivity index (χ2v) is 8.40. The van der Waals surface area contributed by atoms with Crippen LogP contribution in [0.1, 0.15) is 23.5 Å². The van der Waals surface area contributed by atoms with Crippen LogP contribution in [0.2, 0.25) is 0 Å². The van der Waals surface area contributed by atoms with Gasteiger partial charge in [0.25, 0.3) is 5.91 Å². The molecule has 1 aromatic heterocycles. The van der Waals surface area contributed by atoms with Gasteiger partial charge in [-0.2, -0.15) is 0 Å². The van der Waals surface area contributed by atoms with Gasteiger partial charge in [0.15, 0.2) is 0 Å². The first-order valence-electron chi connectivity index (χ1n) is 11.9. The molecule has 2 N–H and O–H groups in total. The number of hydroxylamine groups is 1. The molecule has 0 spiro atoms. The fourth-order valence-electron chi connectivity index (χ4n) is 3.88. The highest BCUT2D eigenvalue weighted by Crippen LogP contribution is 2.21. The Morgan fingerprint density at radius 2 is 1.56 bits per heavy atom. The molecule has 0 atom stereocenters. The van der Waals surface area contributed by atoms with Crippen LogP contribution >= 0.6 is 0 Å². The molecule has 184 valence electrons. The monoisotopic (exact) mass is 482 g/mol. The number of carbonyl (C=O) groups excluding carboxylic acids is 1. The molecule has 0 aliphatic rings. The van der Waals surface area contributed by atoms with Crippen molar-refractivity contribution in [1.29, 1.82) is 0 Å². The molecule has 1 heterocycles. The SMILES string of the molecule is O=C(/C=C/c1ccc(CN(CCCOc2ccccc2)Cc2ccc(-c3ccccc3)cc2)o1)NO. The van der Waals surface area contributed by atoms with Gasteiger partial charge in [-0.25, -0.2) is 5.48 Å². The van der Waals surface area contributed by atoms with Crippen molar-refractivity contribution in [2.75, 3.05) is 13.2 Å². The highest BCUT2D eigenvalue weighted by Gasteiger charge is 2.11. The normalized spacial score (nSPS) is 11.2. The Hall–Kier alpha value is -4.13. The maximum absolute atomic E-state index is 11.2. The van der Waals surface area contributed by atoms with E-state index in [1.807, 2.05) is 60.7 Å². The number of amides is 1. The van der Waals surface area contributed by atoms with Gasteiger partial charge in [0.1, 0.15) is 17.3 Å². The van der Waals surface area contributed by atoms with Gasteiger partial charge in [0, 0.05) is 19.2 Å². The van der Waals surface area contributed by atoms with Gasteiger partial charge in [-0.05, 0) is 53.5 Å². The number of nitrogens with zero attached hydrogens (tertiary/aromatic N) is 1. The zero-order valence-electron chi connectivity index (χ0n) is 20.0. The number of hydrogen-bond donors (Lipinski definition) is 2. The van der Waals surface area contributed by atoms with Crippen molar-refractivity contribution in [2.24, 2.45) is 0 Å². The lowest BCUT2D eigenvalue weighted by Crippen LogP contribution is -2.25. The predicted octanol–water partition coefficient (Wildman–Crippen LogP) is 5.94. The summed E-state index contributed by atoms with van der Waals surface area (Å²) in [6, 6.07) is 32.5. The summed E-state index contributed by atoms with van der Waals surface area (Å²) in [6.45, 7) is 2.83. The summed E-state index contributed by atoms with van der Waals surface area (Å²) in [4.78, 5) is 13.5. The fraction of sp³-hybridized carbons (Fsp3) is 0.167. The van der Waals surface area contributed by atoms with Crippen LogP contribution in [-0.2, 0) is 17.9 Å². The van der Waals surface area contributed by atoms with Crippen LogP contribution in [0, 0.1) is 0 Å². The summed E-state index contributed by atoms with van der Waals surface area (Å²) in [5.41, 5.74) is 5.17. The molecule has 0 radical (unpaired) electrons. The summed E-state index contributed by atoms with van der Waals surface area (Å²) >= 11 is 0. The van der Waals surface area contributed by atoms with Crippen molar-refractivity contribution in [3.05, 3.63) is 120 Å². The summed E-state index contributed by atoms with van der Waals surface area (Å²) in [6.07, 6.45) is 3.60. The smallest absolute Gasteiger partial charge is 0.267 e. The van der Waals surface area contributed by atoms with Gasteiger partial charge in [-0.15, -0.1) is 0 Å². The molecule has 0 aliphatic heterocycles. The maximum Gasteiger partial charge on any atom is 0.267 e. The molecule has 1 amide bonds. The molecule has 36 heavy (non-hydrogen) atoms. The Kier molecular flexibility index (Phi) is 9.08. The predicted molar refractivity (Wildman–Crippen MR) is 140 cm³/mol. The molecule has 3 aromatic carbocycles. The second kappa shape index (κ2) is 13.1. The third-order valence-corrected chi connectivity index (χ3v) is 5.67. The topological polar surface area (TPSA) is 74.9 Å². The number of hydrogen-bond acceptors (Lipinski definition) is 5. The van der Waals surface area contributed by atoms with Crippen LogP contribution in [-0.4, -0.2) is 29.2 Å². The lowest BCUT2D eigenvalue weighted by molar-refractivity contribution is -0.124. The van der Waals surface area contributed by atoms with E-state index >= 15 is 0 Å². The number of nitrogens with one attached hydrogen (secondary N) is 1. The first-order valence-corrected chi connectivity index (χ1v) is 11.9. The summed E-state index contributed by atoms with van der Waals surface area (Å²) in [7, 11) is 0. The van der Waals surface area contributed by atoms with E-state index < -0.39 is 5.91 Å². The number of carbonyl (C=O) groups is 1. The van der Waals surface area contributed by atoms with Gasteiger partial charge in [-0.3, -0.25) is 14.9 Å². The van der Waals surface area contributed by atoms with Gasteiger partial charge < -0.3 is 9.15 Å². The van der Waals surface area contributed by atoms with E-state index in [2.05, 4.69) is 41.3 Å². The van der Waals surface area contributed by atoms with Gasteiger partial charge in [-0.1, -0.05) is 72.8 Å². The van der Waals surface area contributed by atoms with Gasteiger partial charge in [0.2, 0.25) is 0 Å². The highest BCUT2D eigenvalue weighted by atomic mass is 16.5. The molecule has 0 unspecified atom stereocenters. The van der Waals surface area contributed by atoms with E-state index in [4.69, 9.17) is 14.4 Å². The minimum atomic E-state index is -0.605. The average molecular weight is 483 g/mol. The van der Waals surface area contributed by atoms with Crippen LogP contribution in [0.3, 0.4) is 0 Å². The van der Waals surface area contributed by atoms with Crippen LogP contribution in [0.25, 0.3) is 17.2 Å². The van der Waals surface area contributed by atoms with Crippen molar-refractivity contribution in [3.63, 3.8) is 0 Å². The third-order valence-electron chi connectivity index (χ3n) is 5.67. The van der Waals surface area contributed by atoms with Crippen molar-refractivity contribution in [1.82, 2.24) is 10.4 Å². The molecule has 0 fully saturated rings. The number of benzene rings is 3. The van der Waals surface area contributed by atoms with Crippen molar-refractivity contribution >= 4 is 12.0 Å². The average Bonchev–Trinajstić information content (AvgIpc) is 3.38. The number of furan rings is 1. The number of ether oxygens (including phenoxy) is 1. The number of rotatable bonds is 12. The first kappa shape index (κ1) is 25.0. The highest BCUT2D eigenvalue weighted by molar-refractivity contribution is 5.90. The van der Waals surface area contributed by atoms with E-state index in [0.717, 1.165) is 31.0 Å². The van der Waals surface area contributed by atoms with E-state index in [0.29, 0.717) is 18.9 Å². The van der Waals surface area contributed by atoms with Crippen LogP contribution in [0.15, 0.2) is 108 Å². The third kappa shape index (κ3) is 7.70. The van der Waals surface area contributed by atoms with E-state index in [9.17, 15) is 4.79 Å². The largest absolute Gasteiger partial charge is 0.494 e. The molecule has 6 nitrogen and oxygen atoms in total. The van der Waals surface area contributed by atoms with Crippen LogP contribution in [0.4, 0.5) is 0 Å². The van der Waals surface area contributed by atoms with E-state index in [1.165, 1.54) is 28.8 Å². The molecular weight excluding hydrogens is 452 g/mol.